The number of hydrogen-bond acceptors (Lipinski definition) is 5. The zero-order valence-corrected chi connectivity index (χ0v) is 10.6. The lowest BCUT2D eigenvalue weighted by molar-refractivity contribution is 0.0730. The SMILES string of the molecule is CC(C)c1nc(COCC2CCCNC2)no1. The minimum absolute atomic E-state index is 0.277. The fraction of sp³-hybridized carbons (Fsp3) is 0.833. The van der Waals surface area contributed by atoms with Gasteiger partial charge in [-0.25, -0.2) is 0 Å². The summed E-state index contributed by atoms with van der Waals surface area (Å²) >= 11 is 0. The molecule has 1 N–H and O–H groups in total. The average Bonchev–Trinajstić information content (AvgIpc) is 2.79. The Bertz CT molecular complexity index is 332. The summed E-state index contributed by atoms with van der Waals surface area (Å²) in [5.41, 5.74) is 0. The Morgan fingerprint density at radius 1 is 1.53 bits per heavy atom. The first-order valence-corrected chi connectivity index (χ1v) is 6.36. The Labute approximate surface area is 102 Å². The molecular formula is C12H21N3O2. The highest BCUT2D eigenvalue weighted by atomic mass is 16.5. The lowest BCUT2D eigenvalue weighted by atomic mass is 10.0. The third-order valence-corrected chi connectivity index (χ3v) is 2.96. The molecule has 1 atom stereocenters. The molecule has 1 aliphatic heterocycles. The van der Waals surface area contributed by atoms with Crippen molar-refractivity contribution in [3.8, 4) is 0 Å². The second-order valence-corrected chi connectivity index (χ2v) is 4.93. The van der Waals surface area contributed by atoms with Crippen molar-refractivity contribution in [2.45, 2.75) is 39.2 Å². The summed E-state index contributed by atoms with van der Waals surface area (Å²) < 4.78 is 10.7. The van der Waals surface area contributed by atoms with Gasteiger partial charge in [-0.15, -0.1) is 0 Å². The molecule has 1 aliphatic rings. The van der Waals surface area contributed by atoms with Crippen molar-refractivity contribution in [1.82, 2.24) is 15.5 Å². The summed E-state index contributed by atoms with van der Waals surface area (Å²) in [5.74, 6) is 2.24. The fourth-order valence-electron chi connectivity index (χ4n) is 1.94. The highest BCUT2D eigenvalue weighted by Crippen LogP contribution is 2.13. The van der Waals surface area contributed by atoms with E-state index in [1.165, 1.54) is 12.8 Å². The maximum atomic E-state index is 5.63. The number of aromatic nitrogens is 2. The molecule has 17 heavy (non-hydrogen) atoms. The highest BCUT2D eigenvalue weighted by Gasteiger charge is 2.14. The highest BCUT2D eigenvalue weighted by molar-refractivity contribution is 4.89. The van der Waals surface area contributed by atoms with Gasteiger partial charge < -0.3 is 14.6 Å². The second-order valence-electron chi connectivity index (χ2n) is 4.93. The molecule has 2 rings (SSSR count). The lowest BCUT2D eigenvalue weighted by Crippen LogP contribution is -2.32. The summed E-state index contributed by atoms with van der Waals surface area (Å²) in [5, 5.41) is 7.27. The van der Waals surface area contributed by atoms with Crippen LogP contribution in [-0.2, 0) is 11.3 Å². The third kappa shape index (κ3) is 3.78. The van der Waals surface area contributed by atoms with E-state index in [1.807, 2.05) is 13.8 Å². The summed E-state index contributed by atoms with van der Waals surface area (Å²) in [6, 6.07) is 0. The second kappa shape index (κ2) is 6.12. The van der Waals surface area contributed by atoms with Crippen LogP contribution in [0.3, 0.4) is 0 Å². The van der Waals surface area contributed by atoms with E-state index in [9.17, 15) is 0 Å². The monoisotopic (exact) mass is 239 g/mol. The molecule has 0 saturated carbocycles. The fourth-order valence-corrected chi connectivity index (χ4v) is 1.94. The van der Waals surface area contributed by atoms with Crippen molar-refractivity contribution in [3.63, 3.8) is 0 Å². The number of hydrogen-bond donors (Lipinski definition) is 1. The van der Waals surface area contributed by atoms with E-state index >= 15 is 0 Å². The summed E-state index contributed by atoms with van der Waals surface area (Å²) in [7, 11) is 0. The van der Waals surface area contributed by atoms with Crippen LogP contribution < -0.4 is 5.32 Å². The van der Waals surface area contributed by atoms with Crippen LogP contribution in [-0.4, -0.2) is 29.8 Å². The summed E-state index contributed by atoms with van der Waals surface area (Å²) in [6.45, 7) is 7.49. The van der Waals surface area contributed by atoms with E-state index in [2.05, 4.69) is 15.5 Å². The maximum absolute atomic E-state index is 5.63. The number of nitrogens with zero attached hydrogens (tertiary/aromatic N) is 2. The normalized spacial score (nSPS) is 21.0. The van der Waals surface area contributed by atoms with Crippen molar-refractivity contribution in [2.75, 3.05) is 19.7 Å². The quantitative estimate of drug-likeness (QED) is 0.847. The molecule has 1 unspecified atom stereocenters. The minimum atomic E-state index is 0.277. The standard InChI is InChI=1S/C12H21N3O2/c1-9(2)12-14-11(15-17-12)8-16-7-10-4-3-5-13-6-10/h9-10,13H,3-8H2,1-2H3. The van der Waals surface area contributed by atoms with Crippen LogP contribution in [0.25, 0.3) is 0 Å². The van der Waals surface area contributed by atoms with Crippen LogP contribution in [0.2, 0.25) is 0 Å². The van der Waals surface area contributed by atoms with Crippen LogP contribution >= 0.6 is 0 Å². The van der Waals surface area contributed by atoms with Gasteiger partial charge in [0.05, 0.1) is 6.61 Å². The van der Waals surface area contributed by atoms with Crippen molar-refractivity contribution in [1.29, 1.82) is 0 Å². The molecule has 2 heterocycles. The molecule has 1 fully saturated rings. The van der Waals surface area contributed by atoms with Gasteiger partial charge >= 0.3 is 0 Å². The largest absolute Gasteiger partial charge is 0.373 e. The Hall–Kier alpha value is -0.940. The molecule has 1 aromatic heterocycles. The van der Waals surface area contributed by atoms with Crippen molar-refractivity contribution in [3.05, 3.63) is 11.7 Å². The molecule has 1 aromatic rings. The molecule has 0 bridgehead atoms. The van der Waals surface area contributed by atoms with Gasteiger partial charge in [0.25, 0.3) is 0 Å². The van der Waals surface area contributed by atoms with E-state index in [0.29, 0.717) is 24.2 Å². The summed E-state index contributed by atoms with van der Waals surface area (Å²) in [4.78, 5) is 4.27. The summed E-state index contributed by atoms with van der Waals surface area (Å²) in [6.07, 6.45) is 2.49. The topological polar surface area (TPSA) is 60.2 Å². The first-order chi connectivity index (χ1) is 8.25. The first kappa shape index (κ1) is 12.5. The van der Waals surface area contributed by atoms with Crippen LogP contribution in [0.15, 0.2) is 4.52 Å². The zero-order valence-electron chi connectivity index (χ0n) is 10.6. The Kier molecular flexibility index (Phi) is 4.50. The number of nitrogens with one attached hydrogen (secondary N) is 1. The van der Waals surface area contributed by atoms with E-state index in [-0.39, 0.29) is 5.92 Å². The van der Waals surface area contributed by atoms with Crippen LogP contribution in [0, 0.1) is 5.92 Å². The number of rotatable bonds is 5. The van der Waals surface area contributed by atoms with Gasteiger partial charge in [-0.2, -0.15) is 4.98 Å². The van der Waals surface area contributed by atoms with Gasteiger partial charge in [-0.05, 0) is 25.3 Å². The third-order valence-electron chi connectivity index (χ3n) is 2.96. The molecule has 5 nitrogen and oxygen atoms in total. The van der Waals surface area contributed by atoms with E-state index in [1.54, 1.807) is 0 Å². The van der Waals surface area contributed by atoms with Crippen molar-refractivity contribution >= 4 is 0 Å². The van der Waals surface area contributed by atoms with Crippen molar-refractivity contribution < 1.29 is 9.26 Å². The van der Waals surface area contributed by atoms with Gasteiger partial charge in [0, 0.05) is 12.5 Å². The molecule has 0 amide bonds. The Balaban J connectivity index is 1.70. The first-order valence-electron chi connectivity index (χ1n) is 6.36. The maximum Gasteiger partial charge on any atom is 0.229 e. The number of ether oxygens (including phenoxy) is 1. The lowest BCUT2D eigenvalue weighted by Gasteiger charge is -2.22. The molecule has 0 aliphatic carbocycles. The van der Waals surface area contributed by atoms with Crippen LogP contribution in [0.4, 0.5) is 0 Å². The van der Waals surface area contributed by atoms with Gasteiger partial charge in [-0.1, -0.05) is 19.0 Å². The number of piperidine rings is 1. The van der Waals surface area contributed by atoms with Crippen LogP contribution in [0.5, 0.6) is 0 Å². The van der Waals surface area contributed by atoms with Gasteiger partial charge in [-0.3, -0.25) is 0 Å². The molecule has 1 saturated heterocycles. The van der Waals surface area contributed by atoms with Crippen molar-refractivity contribution in [2.24, 2.45) is 5.92 Å². The van der Waals surface area contributed by atoms with Gasteiger partial charge in [0.2, 0.25) is 5.89 Å². The zero-order chi connectivity index (χ0) is 12.1. The molecular weight excluding hydrogens is 218 g/mol. The van der Waals surface area contributed by atoms with Gasteiger partial charge in [0.1, 0.15) is 6.61 Å². The van der Waals surface area contributed by atoms with E-state index < -0.39 is 0 Å². The predicted molar refractivity (Wildman–Crippen MR) is 63.6 cm³/mol. The molecule has 5 heteroatoms. The molecule has 0 aromatic carbocycles. The van der Waals surface area contributed by atoms with Gasteiger partial charge in [0.15, 0.2) is 5.82 Å². The van der Waals surface area contributed by atoms with E-state index in [4.69, 9.17) is 9.26 Å². The smallest absolute Gasteiger partial charge is 0.229 e. The Morgan fingerprint density at radius 3 is 3.06 bits per heavy atom. The molecule has 0 radical (unpaired) electrons. The molecule has 0 spiro atoms. The van der Waals surface area contributed by atoms with Crippen LogP contribution in [0.1, 0.15) is 44.3 Å². The minimum Gasteiger partial charge on any atom is -0.373 e. The predicted octanol–water partition coefficient (Wildman–Crippen LogP) is 1.71. The van der Waals surface area contributed by atoms with E-state index in [0.717, 1.165) is 19.7 Å². The molecule has 96 valence electrons. The average molecular weight is 239 g/mol. The Morgan fingerprint density at radius 2 is 2.41 bits per heavy atom.